The summed E-state index contributed by atoms with van der Waals surface area (Å²) in [6, 6.07) is 10.0. The largest absolute Gasteiger partial charge is 0.381 e. The molecule has 0 bridgehead atoms. The minimum absolute atomic E-state index is 0.00575. The van der Waals surface area contributed by atoms with E-state index in [9.17, 15) is 9.59 Å². The molecule has 0 radical (unpaired) electrons. The number of benzene rings is 1. The number of hydrogen-bond acceptors (Lipinski definition) is 3. The maximum atomic E-state index is 12.7. The number of likely N-dealkylation sites (tertiary alicyclic amines) is 1. The van der Waals surface area contributed by atoms with E-state index >= 15 is 0 Å². The highest BCUT2D eigenvalue weighted by molar-refractivity contribution is 5.79. The van der Waals surface area contributed by atoms with Gasteiger partial charge in [0.1, 0.15) is 0 Å². The normalized spacial score (nSPS) is 20.2. The number of urea groups is 1. The molecular weight excluding hydrogens is 354 g/mol. The Morgan fingerprint density at radius 2 is 1.93 bits per heavy atom. The Bertz CT molecular complexity index is 623. The zero-order valence-corrected chi connectivity index (χ0v) is 16.9. The van der Waals surface area contributed by atoms with Gasteiger partial charge in [-0.25, -0.2) is 4.79 Å². The van der Waals surface area contributed by atoms with Gasteiger partial charge in [0, 0.05) is 52.4 Å². The van der Waals surface area contributed by atoms with Crippen LogP contribution < -0.4 is 5.32 Å². The molecule has 2 heterocycles. The van der Waals surface area contributed by atoms with Crippen LogP contribution in [0.5, 0.6) is 0 Å². The van der Waals surface area contributed by atoms with Gasteiger partial charge in [0.15, 0.2) is 0 Å². The van der Waals surface area contributed by atoms with E-state index in [0.29, 0.717) is 32.1 Å². The molecule has 1 aromatic rings. The van der Waals surface area contributed by atoms with E-state index in [-0.39, 0.29) is 17.9 Å². The summed E-state index contributed by atoms with van der Waals surface area (Å²) in [4.78, 5) is 28.7. The zero-order chi connectivity index (χ0) is 19.8. The standard InChI is InChI=1S/C22H33N3O3/c1-24(16-18-6-3-2-4-7-18)21(26)20-9-13-25(14-10-20)22(27)23-12-5-8-19-11-15-28-17-19/h2-4,6-7,19-20H,5,8-17H2,1H3,(H,23,27). The van der Waals surface area contributed by atoms with Crippen LogP contribution in [0.15, 0.2) is 30.3 Å². The molecule has 154 valence electrons. The second-order valence-electron chi connectivity index (χ2n) is 8.04. The predicted octanol–water partition coefficient (Wildman–Crippen LogP) is 2.88. The van der Waals surface area contributed by atoms with Crippen molar-refractivity contribution in [3.63, 3.8) is 0 Å². The lowest BCUT2D eigenvalue weighted by Crippen LogP contribution is -2.47. The van der Waals surface area contributed by atoms with Crippen LogP contribution in [-0.4, -0.2) is 61.6 Å². The number of carbonyl (C=O) groups is 2. The first-order valence-corrected chi connectivity index (χ1v) is 10.5. The predicted molar refractivity (Wildman–Crippen MR) is 109 cm³/mol. The lowest BCUT2D eigenvalue weighted by atomic mass is 9.95. The van der Waals surface area contributed by atoms with Crippen molar-refractivity contribution >= 4 is 11.9 Å². The smallest absolute Gasteiger partial charge is 0.317 e. The summed E-state index contributed by atoms with van der Waals surface area (Å²) in [5.41, 5.74) is 1.14. The van der Waals surface area contributed by atoms with Crippen LogP contribution in [0.2, 0.25) is 0 Å². The summed E-state index contributed by atoms with van der Waals surface area (Å²) < 4.78 is 5.38. The number of ether oxygens (including phenoxy) is 1. The Hall–Kier alpha value is -2.08. The van der Waals surface area contributed by atoms with Gasteiger partial charge in [-0.3, -0.25) is 4.79 Å². The highest BCUT2D eigenvalue weighted by Gasteiger charge is 2.29. The topological polar surface area (TPSA) is 61.9 Å². The maximum Gasteiger partial charge on any atom is 0.317 e. The van der Waals surface area contributed by atoms with Gasteiger partial charge in [0.05, 0.1) is 0 Å². The van der Waals surface area contributed by atoms with Crippen molar-refractivity contribution in [2.75, 3.05) is 39.9 Å². The van der Waals surface area contributed by atoms with Crippen LogP contribution in [-0.2, 0) is 16.1 Å². The van der Waals surface area contributed by atoms with E-state index in [0.717, 1.165) is 50.9 Å². The highest BCUT2D eigenvalue weighted by Crippen LogP contribution is 2.21. The number of hydrogen-bond donors (Lipinski definition) is 1. The van der Waals surface area contributed by atoms with Crippen LogP contribution in [0.25, 0.3) is 0 Å². The molecule has 3 rings (SSSR count). The van der Waals surface area contributed by atoms with E-state index in [1.54, 1.807) is 0 Å². The lowest BCUT2D eigenvalue weighted by Gasteiger charge is -2.33. The number of piperidine rings is 1. The molecule has 28 heavy (non-hydrogen) atoms. The Kier molecular flexibility index (Phi) is 7.71. The molecule has 2 fully saturated rings. The van der Waals surface area contributed by atoms with Gasteiger partial charge in [-0.05, 0) is 43.6 Å². The molecule has 2 saturated heterocycles. The second kappa shape index (κ2) is 10.5. The molecule has 1 N–H and O–H groups in total. The van der Waals surface area contributed by atoms with Crippen molar-refractivity contribution in [3.8, 4) is 0 Å². The molecule has 0 spiro atoms. The molecule has 0 aliphatic carbocycles. The summed E-state index contributed by atoms with van der Waals surface area (Å²) in [5.74, 6) is 0.856. The van der Waals surface area contributed by atoms with Gasteiger partial charge in [-0.2, -0.15) is 0 Å². The molecule has 0 saturated carbocycles. The van der Waals surface area contributed by atoms with Crippen molar-refractivity contribution < 1.29 is 14.3 Å². The first-order chi connectivity index (χ1) is 13.6. The Morgan fingerprint density at radius 1 is 1.18 bits per heavy atom. The fourth-order valence-corrected chi connectivity index (χ4v) is 4.09. The molecule has 3 amide bonds. The molecule has 6 nitrogen and oxygen atoms in total. The van der Waals surface area contributed by atoms with Crippen molar-refractivity contribution in [2.45, 2.75) is 38.6 Å². The third-order valence-electron chi connectivity index (χ3n) is 5.86. The van der Waals surface area contributed by atoms with Crippen LogP contribution >= 0.6 is 0 Å². The van der Waals surface area contributed by atoms with Crippen LogP contribution in [0, 0.1) is 11.8 Å². The van der Waals surface area contributed by atoms with Gasteiger partial charge < -0.3 is 19.9 Å². The van der Waals surface area contributed by atoms with E-state index in [1.165, 1.54) is 0 Å². The Balaban J connectivity index is 1.33. The quantitative estimate of drug-likeness (QED) is 0.732. The van der Waals surface area contributed by atoms with E-state index in [1.807, 2.05) is 47.2 Å². The van der Waals surface area contributed by atoms with Gasteiger partial charge in [-0.1, -0.05) is 30.3 Å². The fourth-order valence-electron chi connectivity index (χ4n) is 4.09. The Morgan fingerprint density at radius 3 is 2.61 bits per heavy atom. The van der Waals surface area contributed by atoms with Crippen molar-refractivity contribution in [1.82, 2.24) is 15.1 Å². The minimum atomic E-state index is 0.00575. The number of nitrogens with one attached hydrogen (secondary N) is 1. The van der Waals surface area contributed by atoms with E-state index in [2.05, 4.69) is 5.32 Å². The molecule has 1 aromatic carbocycles. The summed E-state index contributed by atoms with van der Waals surface area (Å²) in [5, 5.41) is 3.03. The summed E-state index contributed by atoms with van der Waals surface area (Å²) in [7, 11) is 1.86. The number of rotatable bonds is 7. The average Bonchev–Trinajstić information content (AvgIpc) is 3.25. The van der Waals surface area contributed by atoms with Crippen LogP contribution in [0.3, 0.4) is 0 Å². The SMILES string of the molecule is CN(Cc1ccccc1)C(=O)C1CCN(C(=O)NCCCC2CCOC2)CC1. The molecule has 1 atom stereocenters. The van der Waals surface area contributed by atoms with E-state index in [4.69, 9.17) is 4.74 Å². The Labute approximate surface area is 168 Å². The lowest BCUT2D eigenvalue weighted by molar-refractivity contribution is -0.136. The molecule has 2 aliphatic rings. The molecule has 0 aromatic heterocycles. The summed E-state index contributed by atoms with van der Waals surface area (Å²) in [6.07, 6.45) is 4.74. The monoisotopic (exact) mass is 387 g/mol. The maximum absolute atomic E-state index is 12.7. The van der Waals surface area contributed by atoms with Gasteiger partial charge in [-0.15, -0.1) is 0 Å². The second-order valence-corrected chi connectivity index (χ2v) is 8.04. The van der Waals surface area contributed by atoms with Gasteiger partial charge >= 0.3 is 6.03 Å². The van der Waals surface area contributed by atoms with Crippen molar-refractivity contribution in [3.05, 3.63) is 35.9 Å². The number of nitrogens with zero attached hydrogens (tertiary/aromatic N) is 2. The first kappa shape index (κ1) is 20.6. The fraction of sp³-hybridized carbons (Fsp3) is 0.636. The zero-order valence-electron chi connectivity index (χ0n) is 16.9. The van der Waals surface area contributed by atoms with E-state index < -0.39 is 0 Å². The minimum Gasteiger partial charge on any atom is -0.381 e. The molecular formula is C22H33N3O3. The first-order valence-electron chi connectivity index (χ1n) is 10.5. The molecule has 6 heteroatoms. The average molecular weight is 388 g/mol. The molecule has 2 aliphatic heterocycles. The third kappa shape index (κ3) is 5.96. The number of amides is 3. The molecule has 1 unspecified atom stereocenters. The highest BCUT2D eigenvalue weighted by atomic mass is 16.5. The van der Waals surface area contributed by atoms with Crippen molar-refractivity contribution in [2.24, 2.45) is 11.8 Å². The summed E-state index contributed by atoms with van der Waals surface area (Å²) in [6.45, 7) is 4.40. The van der Waals surface area contributed by atoms with Crippen LogP contribution in [0.4, 0.5) is 4.79 Å². The van der Waals surface area contributed by atoms with Gasteiger partial charge in [0.25, 0.3) is 0 Å². The van der Waals surface area contributed by atoms with Gasteiger partial charge in [0.2, 0.25) is 5.91 Å². The van der Waals surface area contributed by atoms with Crippen LogP contribution in [0.1, 0.15) is 37.7 Å². The summed E-state index contributed by atoms with van der Waals surface area (Å²) >= 11 is 0. The third-order valence-corrected chi connectivity index (χ3v) is 5.86. The van der Waals surface area contributed by atoms with Crippen molar-refractivity contribution in [1.29, 1.82) is 0 Å². The number of carbonyl (C=O) groups excluding carboxylic acids is 2.